The predicted octanol–water partition coefficient (Wildman–Crippen LogP) is 4.05. The lowest BCUT2D eigenvalue weighted by Crippen LogP contribution is -2.37. The molecule has 0 spiro atoms. The van der Waals surface area contributed by atoms with E-state index in [2.05, 4.69) is 10.4 Å². The number of benzene rings is 2. The smallest absolute Gasteiger partial charge is 0.338 e. The fraction of sp³-hybridized carbons (Fsp3) is 0.217. The highest BCUT2D eigenvalue weighted by Gasteiger charge is 2.17. The number of hydrogen-bond acceptors (Lipinski definition) is 5. The molecular weight excluding hydrogens is 467 g/mol. The van der Waals surface area contributed by atoms with Gasteiger partial charge >= 0.3 is 5.97 Å². The number of carbonyl (C=O) groups is 3. The number of ether oxygens (including phenoxy) is 1. The molecule has 0 unspecified atom stereocenters. The first kappa shape index (κ1) is 24.3. The number of nitrogens with zero attached hydrogens (tertiary/aromatic N) is 3. The van der Waals surface area contributed by atoms with Crippen molar-refractivity contribution in [1.29, 1.82) is 0 Å². The summed E-state index contributed by atoms with van der Waals surface area (Å²) >= 11 is 12.2. The molecule has 0 fully saturated rings. The van der Waals surface area contributed by atoms with Crippen LogP contribution in [0.4, 0.5) is 5.69 Å². The molecule has 3 rings (SSSR count). The van der Waals surface area contributed by atoms with Gasteiger partial charge in [-0.15, -0.1) is 0 Å². The van der Waals surface area contributed by atoms with Crippen LogP contribution in [0.5, 0.6) is 0 Å². The minimum Gasteiger partial charge on any atom is -0.452 e. The number of hydrogen-bond donors (Lipinski definition) is 1. The third-order valence-electron chi connectivity index (χ3n) is 4.83. The van der Waals surface area contributed by atoms with Crippen LogP contribution < -0.4 is 5.32 Å². The molecule has 1 aromatic heterocycles. The average molecular weight is 489 g/mol. The van der Waals surface area contributed by atoms with Gasteiger partial charge in [-0.25, -0.2) is 9.48 Å². The zero-order chi connectivity index (χ0) is 24.1. The lowest BCUT2D eigenvalue weighted by Gasteiger charge is -2.17. The van der Waals surface area contributed by atoms with Crippen molar-refractivity contribution in [2.45, 2.75) is 13.8 Å². The van der Waals surface area contributed by atoms with E-state index < -0.39 is 24.4 Å². The van der Waals surface area contributed by atoms with Crippen molar-refractivity contribution in [2.75, 3.05) is 25.5 Å². The summed E-state index contributed by atoms with van der Waals surface area (Å²) in [5.74, 6) is -1.60. The SMILES string of the molecule is Cc1nn(-c2ccc(C(=O)OCC(=O)N(C)CC(=O)Nc3ccccc3Cl)cc2)c(C)c1Cl. The number of carbonyl (C=O) groups excluding carboxylic acids is 3. The first-order valence-corrected chi connectivity index (χ1v) is 10.7. The maximum atomic E-state index is 12.3. The molecular formula is C23H22Cl2N4O4. The summed E-state index contributed by atoms with van der Waals surface area (Å²) in [4.78, 5) is 37.9. The van der Waals surface area contributed by atoms with Crippen LogP contribution in [0.2, 0.25) is 10.0 Å². The van der Waals surface area contributed by atoms with Gasteiger partial charge in [0.1, 0.15) is 0 Å². The molecule has 0 radical (unpaired) electrons. The lowest BCUT2D eigenvalue weighted by molar-refractivity contribution is -0.136. The highest BCUT2D eigenvalue weighted by Crippen LogP contribution is 2.23. The molecule has 3 aromatic rings. The number of amides is 2. The molecule has 0 bridgehead atoms. The molecule has 2 aromatic carbocycles. The first-order chi connectivity index (χ1) is 15.7. The van der Waals surface area contributed by atoms with Crippen molar-refractivity contribution >= 4 is 46.7 Å². The second-order valence-electron chi connectivity index (χ2n) is 7.30. The Kier molecular flexibility index (Phi) is 7.73. The van der Waals surface area contributed by atoms with Crippen molar-refractivity contribution in [3.05, 3.63) is 75.5 Å². The Morgan fingerprint density at radius 2 is 1.73 bits per heavy atom. The topological polar surface area (TPSA) is 93.5 Å². The molecule has 10 heteroatoms. The van der Waals surface area contributed by atoms with Crippen LogP contribution in [0.25, 0.3) is 5.69 Å². The summed E-state index contributed by atoms with van der Waals surface area (Å²) in [6, 6.07) is 13.3. The third-order valence-corrected chi connectivity index (χ3v) is 5.71. The maximum absolute atomic E-state index is 12.3. The summed E-state index contributed by atoms with van der Waals surface area (Å²) in [6.45, 7) is 2.94. The number of para-hydroxylation sites is 1. The van der Waals surface area contributed by atoms with Crippen LogP contribution in [0.15, 0.2) is 48.5 Å². The second kappa shape index (κ2) is 10.5. The number of esters is 1. The largest absolute Gasteiger partial charge is 0.452 e. The van der Waals surface area contributed by atoms with E-state index in [1.165, 1.54) is 7.05 Å². The Balaban J connectivity index is 1.52. The number of likely N-dealkylation sites (N-methyl/N-ethyl adjacent to an activating group) is 1. The number of nitrogens with one attached hydrogen (secondary N) is 1. The number of halogens is 2. The van der Waals surface area contributed by atoms with Crippen molar-refractivity contribution in [3.8, 4) is 5.69 Å². The summed E-state index contributed by atoms with van der Waals surface area (Å²) < 4.78 is 6.78. The van der Waals surface area contributed by atoms with E-state index in [9.17, 15) is 14.4 Å². The quantitative estimate of drug-likeness (QED) is 0.506. The van der Waals surface area contributed by atoms with Crippen molar-refractivity contribution < 1.29 is 19.1 Å². The summed E-state index contributed by atoms with van der Waals surface area (Å²) in [7, 11) is 1.44. The Labute approximate surface area is 201 Å². The molecule has 0 aliphatic carbocycles. The van der Waals surface area contributed by atoms with E-state index >= 15 is 0 Å². The molecule has 0 saturated carbocycles. The fourth-order valence-electron chi connectivity index (χ4n) is 2.99. The van der Waals surface area contributed by atoms with E-state index in [1.54, 1.807) is 53.2 Å². The van der Waals surface area contributed by atoms with E-state index in [0.717, 1.165) is 16.3 Å². The normalized spacial score (nSPS) is 10.6. The van der Waals surface area contributed by atoms with Gasteiger partial charge in [-0.3, -0.25) is 9.59 Å². The predicted molar refractivity (Wildman–Crippen MR) is 126 cm³/mol. The molecule has 172 valence electrons. The molecule has 0 atom stereocenters. The first-order valence-electron chi connectivity index (χ1n) is 9.95. The van der Waals surface area contributed by atoms with Gasteiger partial charge in [0.25, 0.3) is 5.91 Å². The van der Waals surface area contributed by atoms with Crippen molar-refractivity contribution in [3.63, 3.8) is 0 Å². The maximum Gasteiger partial charge on any atom is 0.338 e. The van der Waals surface area contributed by atoms with Crippen LogP contribution >= 0.6 is 23.2 Å². The van der Waals surface area contributed by atoms with Crippen molar-refractivity contribution in [2.24, 2.45) is 0 Å². The van der Waals surface area contributed by atoms with E-state index in [-0.39, 0.29) is 12.1 Å². The zero-order valence-electron chi connectivity index (χ0n) is 18.3. The van der Waals surface area contributed by atoms with E-state index in [4.69, 9.17) is 27.9 Å². The van der Waals surface area contributed by atoms with Gasteiger partial charge in [0.2, 0.25) is 5.91 Å². The molecule has 0 saturated heterocycles. The highest BCUT2D eigenvalue weighted by atomic mass is 35.5. The van der Waals surface area contributed by atoms with Gasteiger partial charge in [0, 0.05) is 7.05 Å². The van der Waals surface area contributed by atoms with E-state index in [1.807, 2.05) is 13.8 Å². The second-order valence-corrected chi connectivity index (χ2v) is 8.08. The fourth-order valence-corrected chi connectivity index (χ4v) is 3.29. The molecule has 8 nitrogen and oxygen atoms in total. The van der Waals surface area contributed by atoms with Gasteiger partial charge in [-0.1, -0.05) is 35.3 Å². The number of aromatic nitrogens is 2. The van der Waals surface area contributed by atoms with Gasteiger partial charge in [0.15, 0.2) is 6.61 Å². The Morgan fingerprint density at radius 1 is 1.06 bits per heavy atom. The number of rotatable bonds is 7. The minimum atomic E-state index is -0.657. The molecule has 33 heavy (non-hydrogen) atoms. The molecule has 1 heterocycles. The van der Waals surface area contributed by atoms with Crippen LogP contribution in [-0.4, -0.2) is 52.7 Å². The summed E-state index contributed by atoms with van der Waals surface area (Å²) in [5, 5.41) is 7.97. The zero-order valence-corrected chi connectivity index (χ0v) is 19.8. The number of aryl methyl sites for hydroxylation is 1. The van der Waals surface area contributed by atoms with E-state index in [0.29, 0.717) is 21.4 Å². The van der Waals surface area contributed by atoms with Crippen LogP contribution in [-0.2, 0) is 14.3 Å². The average Bonchev–Trinajstić information content (AvgIpc) is 3.06. The number of anilines is 1. The Morgan fingerprint density at radius 3 is 2.33 bits per heavy atom. The lowest BCUT2D eigenvalue weighted by atomic mass is 10.2. The summed E-state index contributed by atoms with van der Waals surface area (Å²) in [6.07, 6.45) is 0. The Hall–Kier alpha value is -3.36. The van der Waals surface area contributed by atoms with Gasteiger partial charge in [0.05, 0.1) is 44.9 Å². The van der Waals surface area contributed by atoms with Gasteiger partial charge in [-0.2, -0.15) is 5.10 Å². The van der Waals surface area contributed by atoms with Crippen molar-refractivity contribution in [1.82, 2.24) is 14.7 Å². The van der Waals surface area contributed by atoms with Crippen LogP contribution in [0.3, 0.4) is 0 Å². The molecule has 1 N–H and O–H groups in total. The standard InChI is InChI=1S/C23H22Cl2N4O4/c1-14-22(25)15(2)29(27-14)17-10-8-16(9-11-17)23(32)33-13-21(31)28(3)12-20(30)26-19-7-5-4-6-18(19)24/h4-11H,12-13H2,1-3H3,(H,26,30). The molecule has 0 aliphatic heterocycles. The summed E-state index contributed by atoms with van der Waals surface area (Å²) in [5.41, 5.74) is 2.96. The highest BCUT2D eigenvalue weighted by molar-refractivity contribution is 6.33. The van der Waals surface area contributed by atoms with Crippen LogP contribution in [0.1, 0.15) is 21.7 Å². The third kappa shape index (κ3) is 5.91. The minimum absolute atomic E-state index is 0.221. The van der Waals surface area contributed by atoms with Gasteiger partial charge in [-0.05, 0) is 50.2 Å². The molecule has 0 aliphatic rings. The Bertz CT molecular complexity index is 1190. The van der Waals surface area contributed by atoms with Crippen LogP contribution in [0, 0.1) is 13.8 Å². The molecule has 2 amide bonds. The van der Waals surface area contributed by atoms with Gasteiger partial charge < -0.3 is 15.0 Å². The monoisotopic (exact) mass is 488 g/mol.